The zero-order valence-electron chi connectivity index (χ0n) is 18.7. The minimum absolute atomic E-state index is 0.0821. The molecule has 2 atom stereocenters. The van der Waals surface area contributed by atoms with Gasteiger partial charge in [-0.1, -0.05) is 12.1 Å². The number of rotatable bonds is 7. The molecular formula is C24H28F2N2O4S. The lowest BCUT2D eigenvalue weighted by Crippen LogP contribution is -2.42. The normalized spacial score (nSPS) is 20.3. The fourth-order valence-corrected chi connectivity index (χ4v) is 4.78. The number of hydrogen-bond donors (Lipinski definition) is 1. The van der Waals surface area contributed by atoms with Crippen molar-refractivity contribution in [1.29, 1.82) is 0 Å². The second kappa shape index (κ2) is 9.38. The molecule has 6 nitrogen and oxygen atoms in total. The molecule has 178 valence electrons. The highest BCUT2D eigenvalue weighted by atomic mass is 32.2. The van der Waals surface area contributed by atoms with Crippen LogP contribution in [0.1, 0.15) is 66.1 Å². The molecule has 2 aromatic rings. The predicted octanol–water partition coefficient (Wildman–Crippen LogP) is 4.14. The molecule has 1 saturated heterocycles. The summed E-state index contributed by atoms with van der Waals surface area (Å²) < 4.78 is 58.9. The van der Waals surface area contributed by atoms with Gasteiger partial charge in [0.05, 0.1) is 11.8 Å². The largest absolute Gasteiger partial charge is 0.489 e. The SMILES string of the molecule is CC(c1ccc(F)cc1)N1CCC[C@@H](Oc2cc(F)c(C(=O)NS(C)(=O)=O)cc2C2CC2)C1. The van der Waals surface area contributed by atoms with E-state index in [1.54, 1.807) is 12.1 Å². The maximum Gasteiger partial charge on any atom is 0.267 e. The Morgan fingerprint density at radius 3 is 2.48 bits per heavy atom. The Morgan fingerprint density at radius 2 is 1.85 bits per heavy atom. The molecule has 1 amide bonds. The average Bonchev–Trinajstić information content (AvgIpc) is 3.58. The number of benzene rings is 2. The van der Waals surface area contributed by atoms with Gasteiger partial charge in [0.15, 0.2) is 0 Å². The van der Waals surface area contributed by atoms with Gasteiger partial charge in [0.2, 0.25) is 10.0 Å². The number of likely N-dealkylation sites (tertiary alicyclic amines) is 1. The number of nitrogens with zero attached hydrogens (tertiary/aromatic N) is 1. The third-order valence-corrected chi connectivity index (χ3v) is 6.80. The van der Waals surface area contributed by atoms with E-state index in [1.807, 2.05) is 4.72 Å². The Hall–Kier alpha value is -2.52. The van der Waals surface area contributed by atoms with Crippen LogP contribution in [-0.4, -0.2) is 44.7 Å². The summed E-state index contributed by atoms with van der Waals surface area (Å²) in [6.45, 7) is 3.59. The van der Waals surface area contributed by atoms with Crippen LogP contribution < -0.4 is 9.46 Å². The van der Waals surface area contributed by atoms with Crippen LogP contribution in [0.2, 0.25) is 0 Å². The van der Waals surface area contributed by atoms with E-state index in [2.05, 4.69) is 11.8 Å². The summed E-state index contributed by atoms with van der Waals surface area (Å²) in [5.74, 6) is -1.49. The van der Waals surface area contributed by atoms with Crippen LogP contribution in [0.5, 0.6) is 5.75 Å². The second-order valence-electron chi connectivity index (χ2n) is 8.95. The smallest absolute Gasteiger partial charge is 0.267 e. The van der Waals surface area contributed by atoms with Crippen LogP contribution in [0.15, 0.2) is 36.4 Å². The van der Waals surface area contributed by atoms with Crippen molar-refractivity contribution in [3.63, 3.8) is 0 Å². The van der Waals surface area contributed by atoms with E-state index < -0.39 is 21.7 Å². The van der Waals surface area contributed by atoms with Crippen LogP contribution in [0, 0.1) is 11.6 Å². The number of sulfonamides is 1. The number of carbonyl (C=O) groups is 1. The molecule has 2 aromatic carbocycles. The summed E-state index contributed by atoms with van der Waals surface area (Å²) in [6, 6.07) is 9.18. The molecule has 0 spiro atoms. The first-order valence-electron chi connectivity index (χ1n) is 11.1. The highest BCUT2D eigenvalue weighted by Crippen LogP contribution is 2.45. The molecule has 1 saturated carbocycles. The Labute approximate surface area is 193 Å². The highest BCUT2D eigenvalue weighted by molar-refractivity contribution is 7.89. The molecule has 33 heavy (non-hydrogen) atoms. The van der Waals surface area contributed by atoms with Crippen molar-refractivity contribution in [2.45, 2.75) is 50.7 Å². The third kappa shape index (κ3) is 5.89. The summed E-state index contributed by atoms with van der Waals surface area (Å²) in [4.78, 5) is 14.5. The van der Waals surface area contributed by atoms with Crippen molar-refractivity contribution in [1.82, 2.24) is 9.62 Å². The van der Waals surface area contributed by atoms with Crippen molar-refractivity contribution >= 4 is 15.9 Å². The van der Waals surface area contributed by atoms with Crippen molar-refractivity contribution in [2.24, 2.45) is 0 Å². The average molecular weight is 479 g/mol. The molecule has 1 aliphatic carbocycles. The van der Waals surface area contributed by atoms with E-state index in [9.17, 15) is 22.0 Å². The summed E-state index contributed by atoms with van der Waals surface area (Å²) in [7, 11) is -3.80. The highest BCUT2D eigenvalue weighted by Gasteiger charge is 2.32. The van der Waals surface area contributed by atoms with Crippen LogP contribution in [0.25, 0.3) is 0 Å². The Balaban J connectivity index is 1.51. The molecule has 1 heterocycles. The molecule has 0 aromatic heterocycles. The van der Waals surface area contributed by atoms with Gasteiger partial charge in [-0.15, -0.1) is 0 Å². The fraction of sp³-hybridized carbons (Fsp3) is 0.458. The number of hydrogen-bond acceptors (Lipinski definition) is 5. The van der Waals surface area contributed by atoms with Gasteiger partial charge in [-0.2, -0.15) is 0 Å². The molecule has 1 aliphatic heterocycles. The van der Waals surface area contributed by atoms with Crippen molar-refractivity contribution < 1.29 is 26.7 Å². The van der Waals surface area contributed by atoms with E-state index in [-0.39, 0.29) is 29.4 Å². The Kier molecular flexibility index (Phi) is 6.72. The molecule has 2 fully saturated rings. The quantitative estimate of drug-likeness (QED) is 0.648. The monoisotopic (exact) mass is 478 g/mol. The zero-order chi connectivity index (χ0) is 23.8. The summed E-state index contributed by atoms with van der Waals surface area (Å²) >= 11 is 0. The molecule has 0 radical (unpaired) electrons. The van der Waals surface area contributed by atoms with Gasteiger partial charge in [0, 0.05) is 18.7 Å². The maximum atomic E-state index is 14.8. The topological polar surface area (TPSA) is 75.7 Å². The van der Waals surface area contributed by atoms with Crippen LogP contribution in [-0.2, 0) is 10.0 Å². The van der Waals surface area contributed by atoms with E-state index >= 15 is 0 Å². The molecule has 2 aliphatic rings. The van der Waals surface area contributed by atoms with E-state index in [1.165, 1.54) is 24.3 Å². The van der Waals surface area contributed by atoms with Crippen molar-refractivity contribution in [3.05, 3.63) is 64.7 Å². The van der Waals surface area contributed by atoms with Gasteiger partial charge in [0.25, 0.3) is 5.91 Å². The van der Waals surface area contributed by atoms with E-state index in [0.717, 1.165) is 49.6 Å². The summed E-state index contributed by atoms with van der Waals surface area (Å²) in [5.41, 5.74) is 1.45. The lowest BCUT2D eigenvalue weighted by atomic mass is 10.0. The van der Waals surface area contributed by atoms with Gasteiger partial charge >= 0.3 is 0 Å². The third-order valence-electron chi connectivity index (χ3n) is 6.24. The predicted molar refractivity (Wildman–Crippen MR) is 121 cm³/mol. The minimum Gasteiger partial charge on any atom is -0.489 e. The second-order valence-corrected chi connectivity index (χ2v) is 10.7. The van der Waals surface area contributed by atoms with Crippen LogP contribution >= 0.6 is 0 Å². The molecule has 1 N–H and O–H groups in total. The fourth-order valence-electron chi connectivity index (χ4n) is 4.33. The Bertz CT molecular complexity index is 1130. The first-order chi connectivity index (χ1) is 15.6. The molecule has 9 heteroatoms. The van der Waals surface area contributed by atoms with Crippen LogP contribution in [0.3, 0.4) is 0 Å². The van der Waals surface area contributed by atoms with Gasteiger partial charge < -0.3 is 4.74 Å². The van der Waals surface area contributed by atoms with E-state index in [0.29, 0.717) is 12.3 Å². The molecule has 4 rings (SSSR count). The number of piperidine rings is 1. The van der Waals surface area contributed by atoms with E-state index in [4.69, 9.17) is 4.74 Å². The molecular weight excluding hydrogens is 450 g/mol. The van der Waals surface area contributed by atoms with Crippen molar-refractivity contribution in [2.75, 3.05) is 19.3 Å². The van der Waals surface area contributed by atoms with Gasteiger partial charge in [-0.05, 0) is 74.4 Å². The number of ether oxygens (including phenoxy) is 1. The van der Waals surface area contributed by atoms with Gasteiger partial charge in [0.1, 0.15) is 23.5 Å². The number of halogens is 2. The molecule has 1 unspecified atom stereocenters. The first kappa shape index (κ1) is 23.6. The summed E-state index contributed by atoms with van der Waals surface area (Å²) in [6.07, 6.45) is 4.24. The lowest BCUT2D eigenvalue weighted by Gasteiger charge is -2.37. The summed E-state index contributed by atoms with van der Waals surface area (Å²) in [5, 5.41) is 0. The number of nitrogens with one attached hydrogen (secondary N) is 1. The van der Waals surface area contributed by atoms with Gasteiger partial charge in [-0.3, -0.25) is 9.69 Å². The maximum absolute atomic E-state index is 14.8. The zero-order valence-corrected chi connectivity index (χ0v) is 19.5. The number of amides is 1. The first-order valence-corrected chi connectivity index (χ1v) is 13.0. The number of carbonyl (C=O) groups excluding carboxylic acids is 1. The van der Waals surface area contributed by atoms with Gasteiger partial charge in [-0.25, -0.2) is 21.9 Å². The van der Waals surface area contributed by atoms with Crippen LogP contribution in [0.4, 0.5) is 8.78 Å². The molecule has 0 bridgehead atoms. The standard InChI is InChI=1S/C24H28F2N2O4S/c1-15(16-7-9-18(25)10-8-16)28-11-3-4-19(14-28)32-23-13-22(26)21(12-20(23)17-5-6-17)24(29)27-33(2,30)31/h7-10,12-13,15,17,19H,3-6,11,14H2,1-2H3,(H,27,29)/t15?,19-/m1/s1. The minimum atomic E-state index is -3.80. The lowest BCUT2D eigenvalue weighted by molar-refractivity contribution is 0.0650. The Morgan fingerprint density at radius 1 is 1.15 bits per heavy atom. The van der Waals surface area contributed by atoms with Crippen molar-refractivity contribution in [3.8, 4) is 5.75 Å².